The zero-order valence-electron chi connectivity index (χ0n) is 21.5. The van der Waals surface area contributed by atoms with Crippen LogP contribution in [0.5, 0.6) is 0 Å². The molecule has 1 N–H and O–H groups in total. The number of nitrogens with one attached hydrogen (secondary N) is 1. The summed E-state index contributed by atoms with van der Waals surface area (Å²) in [6.45, 7) is 5.18. The third kappa shape index (κ3) is 7.68. The number of carbonyl (C=O) groups is 2. The van der Waals surface area contributed by atoms with Crippen molar-refractivity contribution < 1.29 is 18.0 Å². The number of nitrogens with zero attached hydrogens (tertiary/aromatic N) is 2. The normalized spacial score (nSPS) is 12.9. The van der Waals surface area contributed by atoms with Gasteiger partial charge in [-0.05, 0) is 74.4 Å². The number of hydrogen-bond acceptors (Lipinski definition) is 4. The molecule has 0 unspecified atom stereocenters. The van der Waals surface area contributed by atoms with Crippen LogP contribution < -0.4 is 9.62 Å². The number of hydrogen-bond donors (Lipinski definition) is 1. The van der Waals surface area contributed by atoms with E-state index < -0.39 is 28.5 Å². The maximum atomic E-state index is 13.9. The second-order valence-electron chi connectivity index (χ2n) is 8.94. The van der Waals surface area contributed by atoms with Gasteiger partial charge in [0.25, 0.3) is 10.0 Å². The van der Waals surface area contributed by atoms with E-state index in [-0.39, 0.29) is 23.4 Å². The molecular formula is C28H31Br2N3O4S. The summed E-state index contributed by atoms with van der Waals surface area (Å²) < 4.78 is 30.2. The molecule has 0 saturated carbocycles. The Labute approximate surface area is 241 Å². The summed E-state index contributed by atoms with van der Waals surface area (Å²) in [6.07, 6.45) is 0.742. The number of rotatable bonds is 11. The first-order chi connectivity index (χ1) is 18.0. The van der Waals surface area contributed by atoms with E-state index in [1.54, 1.807) is 49.4 Å². The molecule has 202 valence electrons. The molecule has 3 aromatic carbocycles. The molecule has 38 heavy (non-hydrogen) atoms. The van der Waals surface area contributed by atoms with Crippen molar-refractivity contribution in [1.29, 1.82) is 0 Å². The van der Waals surface area contributed by atoms with Gasteiger partial charge < -0.3 is 10.2 Å². The molecule has 3 rings (SSSR count). The monoisotopic (exact) mass is 663 g/mol. The number of sulfonamides is 1. The Bertz CT molecular complexity index is 1330. The fourth-order valence-electron chi connectivity index (χ4n) is 3.69. The molecule has 7 nitrogen and oxygen atoms in total. The Kier molecular flexibility index (Phi) is 10.5. The molecule has 0 aliphatic heterocycles. The van der Waals surface area contributed by atoms with Gasteiger partial charge in [-0.1, -0.05) is 69.1 Å². The van der Waals surface area contributed by atoms with Crippen LogP contribution in [0.4, 0.5) is 5.69 Å². The first kappa shape index (κ1) is 29.9. The van der Waals surface area contributed by atoms with Gasteiger partial charge in [-0.3, -0.25) is 13.9 Å². The summed E-state index contributed by atoms with van der Waals surface area (Å²) in [4.78, 5) is 28.4. The van der Waals surface area contributed by atoms with E-state index in [1.165, 1.54) is 17.0 Å². The Hall–Kier alpha value is -2.69. The lowest BCUT2D eigenvalue weighted by atomic mass is 10.1. The zero-order valence-corrected chi connectivity index (χ0v) is 25.5. The van der Waals surface area contributed by atoms with Gasteiger partial charge in [-0.15, -0.1) is 0 Å². The topological polar surface area (TPSA) is 86.8 Å². The maximum absolute atomic E-state index is 13.9. The van der Waals surface area contributed by atoms with Crippen molar-refractivity contribution in [2.75, 3.05) is 10.8 Å². The largest absolute Gasteiger partial charge is 0.352 e. The van der Waals surface area contributed by atoms with E-state index in [4.69, 9.17) is 0 Å². The number of carbonyl (C=O) groups excluding carboxylic acids is 2. The molecule has 0 saturated heterocycles. The lowest BCUT2D eigenvalue weighted by Gasteiger charge is -2.32. The summed E-state index contributed by atoms with van der Waals surface area (Å²) in [5, 5.41) is 2.93. The molecule has 0 aliphatic rings. The maximum Gasteiger partial charge on any atom is 0.264 e. The predicted octanol–water partition coefficient (Wildman–Crippen LogP) is 5.74. The molecule has 0 aromatic heterocycles. The highest BCUT2D eigenvalue weighted by Crippen LogP contribution is 2.26. The molecule has 0 bridgehead atoms. The number of benzene rings is 3. The highest BCUT2D eigenvalue weighted by atomic mass is 79.9. The first-order valence-electron chi connectivity index (χ1n) is 12.2. The van der Waals surface area contributed by atoms with Crippen LogP contribution >= 0.6 is 31.9 Å². The molecule has 0 aliphatic carbocycles. The average Bonchev–Trinajstić information content (AvgIpc) is 2.91. The van der Waals surface area contributed by atoms with E-state index in [9.17, 15) is 18.0 Å². The van der Waals surface area contributed by atoms with Crippen LogP contribution in [0.2, 0.25) is 0 Å². The van der Waals surface area contributed by atoms with Crippen molar-refractivity contribution in [2.24, 2.45) is 0 Å². The molecule has 0 heterocycles. The fourth-order valence-corrected chi connectivity index (χ4v) is 5.65. The molecule has 2 amide bonds. The van der Waals surface area contributed by atoms with Gasteiger partial charge in [0.05, 0.1) is 10.6 Å². The van der Waals surface area contributed by atoms with E-state index in [1.807, 2.05) is 38.1 Å². The Balaban J connectivity index is 2.00. The Morgan fingerprint density at radius 1 is 0.868 bits per heavy atom. The van der Waals surface area contributed by atoms with Crippen molar-refractivity contribution >= 4 is 59.4 Å². The minimum Gasteiger partial charge on any atom is -0.352 e. The number of halogens is 2. The summed E-state index contributed by atoms with van der Waals surface area (Å²) in [6, 6.07) is 21.2. The third-order valence-corrected chi connectivity index (χ3v) is 9.00. The quantitative estimate of drug-likeness (QED) is 0.283. The van der Waals surface area contributed by atoms with Crippen molar-refractivity contribution in [3.8, 4) is 0 Å². The molecule has 2 atom stereocenters. The van der Waals surface area contributed by atoms with Gasteiger partial charge in [0, 0.05) is 21.5 Å². The van der Waals surface area contributed by atoms with Gasteiger partial charge in [0.15, 0.2) is 0 Å². The molecule has 0 fully saturated rings. The summed E-state index contributed by atoms with van der Waals surface area (Å²) in [7, 11) is -4.08. The van der Waals surface area contributed by atoms with Crippen LogP contribution in [0.1, 0.15) is 32.8 Å². The van der Waals surface area contributed by atoms with Crippen molar-refractivity contribution in [2.45, 2.75) is 50.7 Å². The van der Waals surface area contributed by atoms with Gasteiger partial charge >= 0.3 is 0 Å². The third-order valence-electron chi connectivity index (χ3n) is 6.16. The predicted molar refractivity (Wildman–Crippen MR) is 157 cm³/mol. The number of anilines is 1. The highest BCUT2D eigenvalue weighted by Gasteiger charge is 2.32. The van der Waals surface area contributed by atoms with Gasteiger partial charge in [-0.2, -0.15) is 0 Å². The zero-order chi connectivity index (χ0) is 27.9. The van der Waals surface area contributed by atoms with Crippen LogP contribution in [0.15, 0.2) is 92.7 Å². The van der Waals surface area contributed by atoms with Crippen LogP contribution in [-0.2, 0) is 26.2 Å². The lowest BCUT2D eigenvalue weighted by molar-refractivity contribution is -0.139. The van der Waals surface area contributed by atoms with Crippen LogP contribution in [0.25, 0.3) is 0 Å². The van der Waals surface area contributed by atoms with Gasteiger partial charge in [0.2, 0.25) is 11.8 Å². The van der Waals surface area contributed by atoms with Crippen LogP contribution in [0.3, 0.4) is 0 Å². The second kappa shape index (κ2) is 13.4. The van der Waals surface area contributed by atoms with Crippen molar-refractivity contribution in [1.82, 2.24) is 10.2 Å². The standard InChI is InChI=1S/C28H31Br2N3O4S/c1-4-20(2)31-28(35)21(3)32(18-22-10-12-23(29)13-11-22)27(34)19-33(25-16-14-24(30)15-17-25)38(36,37)26-8-6-5-7-9-26/h5-17,20-21H,4,18-19H2,1-3H3,(H,31,35)/t20-,21-/m1/s1. The Morgan fingerprint density at radius 2 is 1.42 bits per heavy atom. The van der Waals surface area contributed by atoms with Crippen LogP contribution in [-0.4, -0.2) is 43.8 Å². The minimum atomic E-state index is -4.08. The van der Waals surface area contributed by atoms with E-state index in [2.05, 4.69) is 37.2 Å². The summed E-state index contributed by atoms with van der Waals surface area (Å²) in [5.41, 5.74) is 1.15. The van der Waals surface area contributed by atoms with Gasteiger partial charge in [-0.25, -0.2) is 8.42 Å². The number of amides is 2. The summed E-state index contributed by atoms with van der Waals surface area (Å²) in [5.74, 6) is -0.798. The first-order valence-corrected chi connectivity index (χ1v) is 15.2. The van der Waals surface area contributed by atoms with Gasteiger partial charge in [0.1, 0.15) is 12.6 Å². The molecule has 0 spiro atoms. The van der Waals surface area contributed by atoms with E-state index in [0.29, 0.717) is 5.69 Å². The van der Waals surface area contributed by atoms with Crippen molar-refractivity contribution in [3.63, 3.8) is 0 Å². The van der Waals surface area contributed by atoms with E-state index >= 15 is 0 Å². The highest BCUT2D eigenvalue weighted by molar-refractivity contribution is 9.10. The van der Waals surface area contributed by atoms with Crippen LogP contribution in [0, 0.1) is 0 Å². The lowest BCUT2D eigenvalue weighted by Crippen LogP contribution is -2.52. The van der Waals surface area contributed by atoms with Crippen molar-refractivity contribution in [3.05, 3.63) is 93.4 Å². The molecule has 0 radical (unpaired) electrons. The molecule has 10 heteroatoms. The fraction of sp³-hybridized carbons (Fsp3) is 0.286. The minimum absolute atomic E-state index is 0.0627. The second-order valence-corrected chi connectivity index (χ2v) is 12.6. The summed E-state index contributed by atoms with van der Waals surface area (Å²) >= 11 is 6.79. The Morgan fingerprint density at radius 3 is 1.97 bits per heavy atom. The smallest absolute Gasteiger partial charge is 0.264 e. The SMILES string of the molecule is CC[C@@H](C)NC(=O)[C@@H](C)N(Cc1ccc(Br)cc1)C(=O)CN(c1ccc(Br)cc1)S(=O)(=O)c1ccccc1. The average molecular weight is 665 g/mol. The van der Waals surface area contributed by atoms with E-state index in [0.717, 1.165) is 25.2 Å². The molecule has 3 aromatic rings. The molecular weight excluding hydrogens is 634 g/mol.